The Hall–Kier alpha value is -5.14. The van der Waals surface area contributed by atoms with Crippen LogP contribution in [0.4, 0.5) is 0 Å². The molecule has 0 saturated heterocycles. The first-order valence-electron chi connectivity index (χ1n) is 18.0. The van der Waals surface area contributed by atoms with Crippen molar-refractivity contribution < 1.29 is 19.5 Å². The second kappa shape index (κ2) is 8.72. The Morgan fingerprint density at radius 2 is 0.974 bits per heavy atom. The Labute approximate surface area is 242 Å². The van der Waals surface area contributed by atoms with E-state index in [1.165, 1.54) is 0 Å². The summed E-state index contributed by atoms with van der Waals surface area (Å²) in [4.78, 5) is 0. The van der Waals surface area contributed by atoms with Crippen LogP contribution < -0.4 is 0 Å². The van der Waals surface area contributed by atoms with Crippen molar-refractivity contribution in [1.82, 2.24) is 0 Å². The van der Waals surface area contributed by atoms with Crippen molar-refractivity contribution >= 4 is 43.5 Å². The van der Waals surface area contributed by atoms with Gasteiger partial charge in [-0.15, -0.1) is 0 Å². The largest absolute Gasteiger partial charge is 0.456 e. The van der Waals surface area contributed by atoms with E-state index in [1.807, 2.05) is 0 Å². The second-order valence-corrected chi connectivity index (χ2v) is 9.22. The van der Waals surface area contributed by atoms with E-state index in [1.54, 1.807) is 78.9 Å². The molecule has 0 fully saturated rings. The summed E-state index contributed by atoms with van der Waals surface area (Å²) in [5.41, 5.74) is 1.44. The van der Waals surface area contributed by atoms with Crippen LogP contribution in [0.5, 0.6) is 0 Å². The molecule has 0 aliphatic heterocycles. The zero-order valence-corrected chi connectivity index (χ0v) is 20.4. The molecule has 0 radical (unpaired) electrons. The highest BCUT2D eigenvalue weighted by Gasteiger charge is 2.17. The number of hydrogen-bond donors (Lipinski definition) is 0. The normalized spacial score (nSPS) is 15.5. The fraction of sp³-hybridized carbons (Fsp3) is 0. The summed E-state index contributed by atoms with van der Waals surface area (Å²) in [6.07, 6.45) is 0. The first-order valence-corrected chi connectivity index (χ1v) is 12.5. The molecule has 0 atom stereocenters. The van der Waals surface area contributed by atoms with Crippen molar-refractivity contribution in [2.75, 3.05) is 0 Å². The molecule has 0 spiro atoms. The molecule has 1 nitrogen and oxygen atoms in total. The van der Waals surface area contributed by atoms with Crippen LogP contribution in [0.15, 0.2) is 150 Å². The summed E-state index contributed by atoms with van der Waals surface area (Å²) in [7, 11) is 0. The van der Waals surface area contributed by atoms with Crippen molar-refractivity contribution in [3.05, 3.63) is 145 Å². The third-order valence-corrected chi connectivity index (χ3v) is 7.00. The van der Waals surface area contributed by atoms with Gasteiger partial charge in [-0.25, -0.2) is 0 Å². The van der Waals surface area contributed by atoms with Gasteiger partial charge in [0.25, 0.3) is 0 Å². The van der Waals surface area contributed by atoms with Crippen LogP contribution in [0, 0.1) is 0 Å². The SMILES string of the molecule is [2H]c1c([2H])c([2H])c(-c2c3ccccc3c(-c3c([2H])c([2H])c4c(oc5c([2H])c([2H])c(-c6ccccc6)c([2H])c54)c3[2H])c3ccccc23)c([2H])c1[2H]. The average Bonchev–Trinajstić information content (AvgIpc) is 3.54. The standard InChI is InChI=1S/C38H24O/c1-3-11-25(12-4-1)27-20-22-35-34(23-27)29-21-19-28(24-36(29)39-35)38-32-17-9-7-15-30(32)37(26-13-5-2-6-14-26)31-16-8-10-18-33(31)38/h1-24H/i2D,5D,6D,13D,14D,19D,20D,21D,22D,23D,24D. The van der Waals surface area contributed by atoms with Gasteiger partial charge in [0.1, 0.15) is 11.2 Å². The molecule has 1 heteroatoms. The molecule has 1 heterocycles. The average molecular weight is 508 g/mol. The zero-order chi connectivity index (χ0) is 35.3. The summed E-state index contributed by atoms with van der Waals surface area (Å²) >= 11 is 0. The van der Waals surface area contributed by atoms with Crippen molar-refractivity contribution in [2.24, 2.45) is 0 Å². The zero-order valence-electron chi connectivity index (χ0n) is 31.4. The van der Waals surface area contributed by atoms with Gasteiger partial charge in [0.15, 0.2) is 0 Å². The highest BCUT2D eigenvalue weighted by Crippen LogP contribution is 2.44. The van der Waals surface area contributed by atoms with E-state index >= 15 is 0 Å². The molecule has 0 bridgehead atoms. The minimum absolute atomic E-state index is 0.0208. The summed E-state index contributed by atoms with van der Waals surface area (Å²) < 4.78 is 103. The molecular weight excluding hydrogens is 472 g/mol. The lowest BCUT2D eigenvalue weighted by molar-refractivity contribution is 0.669. The van der Waals surface area contributed by atoms with Crippen LogP contribution in [0.3, 0.4) is 0 Å². The van der Waals surface area contributed by atoms with Gasteiger partial charge in [-0.2, -0.15) is 0 Å². The topological polar surface area (TPSA) is 13.1 Å². The molecule has 0 amide bonds. The first-order chi connectivity index (χ1) is 24.0. The van der Waals surface area contributed by atoms with E-state index < -0.39 is 18.1 Å². The van der Waals surface area contributed by atoms with Crippen molar-refractivity contribution in [3.63, 3.8) is 0 Å². The third kappa shape index (κ3) is 3.48. The van der Waals surface area contributed by atoms with Crippen LogP contribution in [0.25, 0.3) is 76.9 Å². The maximum atomic E-state index is 9.48. The summed E-state index contributed by atoms with van der Waals surface area (Å²) in [6, 6.07) is 19.2. The highest BCUT2D eigenvalue weighted by molar-refractivity contribution is 6.22. The van der Waals surface area contributed by atoms with Crippen LogP contribution >= 0.6 is 0 Å². The number of furan rings is 1. The number of rotatable bonds is 3. The van der Waals surface area contributed by atoms with Gasteiger partial charge in [-0.3, -0.25) is 0 Å². The van der Waals surface area contributed by atoms with Crippen LogP contribution in [0.2, 0.25) is 0 Å². The molecule has 0 saturated carbocycles. The number of fused-ring (bicyclic) bond motifs is 5. The van der Waals surface area contributed by atoms with E-state index in [9.17, 15) is 4.11 Å². The van der Waals surface area contributed by atoms with Crippen molar-refractivity contribution in [1.29, 1.82) is 0 Å². The van der Waals surface area contributed by atoms with Gasteiger partial charge < -0.3 is 4.42 Å². The van der Waals surface area contributed by atoms with Crippen LogP contribution in [-0.2, 0) is 0 Å². The maximum Gasteiger partial charge on any atom is 0.136 e. The molecule has 8 rings (SSSR count). The molecule has 8 aromatic rings. The Kier molecular flexibility index (Phi) is 3.04. The van der Waals surface area contributed by atoms with Crippen LogP contribution in [0.1, 0.15) is 15.1 Å². The minimum Gasteiger partial charge on any atom is -0.456 e. The monoisotopic (exact) mass is 507 g/mol. The van der Waals surface area contributed by atoms with Crippen molar-refractivity contribution in [2.45, 2.75) is 0 Å². The van der Waals surface area contributed by atoms with Gasteiger partial charge in [0.2, 0.25) is 0 Å². The lowest BCUT2D eigenvalue weighted by Gasteiger charge is -2.17. The van der Waals surface area contributed by atoms with Crippen molar-refractivity contribution in [3.8, 4) is 33.4 Å². The van der Waals surface area contributed by atoms with E-state index in [4.69, 9.17) is 15.4 Å². The number of hydrogen-bond acceptors (Lipinski definition) is 1. The van der Waals surface area contributed by atoms with E-state index in [2.05, 4.69) is 0 Å². The molecule has 7 aromatic carbocycles. The summed E-state index contributed by atoms with van der Waals surface area (Å²) in [6.45, 7) is 0. The lowest BCUT2D eigenvalue weighted by atomic mass is 9.86. The molecule has 0 aliphatic rings. The third-order valence-electron chi connectivity index (χ3n) is 7.00. The van der Waals surface area contributed by atoms with E-state index in [-0.39, 0.29) is 87.0 Å². The maximum absolute atomic E-state index is 9.48. The second-order valence-electron chi connectivity index (χ2n) is 9.22. The Morgan fingerprint density at radius 1 is 0.385 bits per heavy atom. The molecule has 39 heavy (non-hydrogen) atoms. The molecule has 1 aromatic heterocycles. The lowest BCUT2D eigenvalue weighted by Crippen LogP contribution is -1.90. The quantitative estimate of drug-likeness (QED) is 0.217. The van der Waals surface area contributed by atoms with E-state index in [0.717, 1.165) is 0 Å². The number of benzene rings is 7. The fourth-order valence-electron chi connectivity index (χ4n) is 5.31. The van der Waals surface area contributed by atoms with E-state index in [0.29, 0.717) is 38.2 Å². The van der Waals surface area contributed by atoms with Gasteiger partial charge >= 0.3 is 0 Å². The fourth-order valence-corrected chi connectivity index (χ4v) is 5.31. The molecule has 182 valence electrons. The predicted molar refractivity (Wildman–Crippen MR) is 165 cm³/mol. The van der Waals surface area contributed by atoms with Gasteiger partial charge in [-0.05, 0) is 79.1 Å². The molecule has 0 unspecified atom stereocenters. The smallest absolute Gasteiger partial charge is 0.136 e. The summed E-state index contributed by atoms with van der Waals surface area (Å²) in [5, 5.41) is 2.20. The minimum atomic E-state index is -0.506. The Balaban J connectivity index is 1.53. The predicted octanol–water partition coefficient (Wildman–Crippen LogP) is 10.9. The Morgan fingerprint density at radius 3 is 1.64 bits per heavy atom. The molecule has 0 N–H and O–H groups in total. The molecular formula is C38H24O. The summed E-state index contributed by atoms with van der Waals surface area (Å²) in [5.74, 6) is 0. The Bertz CT molecular complexity index is 2680. The van der Waals surface area contributed by atoms with Crippen LogP contribution in [-0.4, -0.2) is 0 Å². The first kappa shape index (κ1) is 13.6. The highest BCUT2D eigenvalue weighted by atomic mass is 16.3. The molecule has 0 aliphatic carbocycles. The van der Waals surface area contributed by atoms with Gasteiger partial charge in [0, 0.05) is 10.8 Å². The van der Waals surface area contributed by atoms with Gasteiger partial charge in [0.05, 0.1) is 15.1 Å². The van der Waals surface area contributed by atoms with Gasteiger partial charge in [-0.1, -0.05) is 121 Å².